The molecule has 0 aliphatic rings. The Kier molecular flexibility index (Phi) is 3.71. The zero-order valence-corrected chi connectivity index (χ0v) is 9.53. The van der Waals surface area contributed by atoms with Crippen molar-refractivity contribution in [3.05, 3.63) is 11.8 Å². The van der Waals surface area contributed by atoms with Gasteiger partial charge in [0.25, 0.3) is 5.91 Å². The van der Waals surface area contributed by atoms with Crippen LogP contribution in [0.25, 0.3) is 0 Å². The Morgan fingerprint density at radius 1 is 1.47 bits per heavy atom. The van der Waals surface area contributed by atoms with Gasteiger partial charge in [-0.15, -0.1) is 0 Å². The molecule has 0 unspecified atom stereocenters. The fraction of sp³-hybridized carbons (Fsp3) is 0.600. The Hall–Kier alpha value is -1.52. The van der Waals surface area contributed by atoms with E-state index in [1.807, 2.05) is 20.8 Å². The molecule has 2 N–H and O–H groups in total. The molecule has 0 saturated heterocycles. The summed E-state index contributed by atoms with van der Waals surface area (Å²) in [7, 11) is 0. The maximum Gasteiger partial charge on any atom is 0.259 e. The van der Waals surface area contributed by atoms with Gasteiger partial charge in [-0.25, -0.2) is 4.68 Å². The minimum absolute atomic E-state index is 0.0443. The van der Waals surface area contributed by atoms with E-state index in [4.69, 9.17) is 5.73 Å². The van der Waals surface area contributed by atoms with Gasteiger partial charge in [0.05, 0.1) is 6.20 Å². The van der Waals surface area contributed by atoms with Crippen LogP contribution in [0, 0.1) is 0 Å². The van der Waals surface area contributed by atoms with Crippen molar-refractivity contribution in [2.75, 3.05) is 18.8 Å². The van der Waals surface area contributed by atoms with Crippen molar-refractivity contribution in [1.29, 1.82) is 0 Å². The number of anilines is 1. The minimum Gasteiger partial charge on any atom is -0.383 e. The second-order valence-electron chi connectivity index (χ2n) is 3.24. The molecule has 0 atom stereocenters. The Labute approximate surface area is 89.9 Å². The maximum absolute atomic E-state index is 11.9. The van der Waals surface area contributed by atoms with E-state index in [-0.39, 0.29) is 5.91 Å². The third-order valence-electron chi connectivity index (χ3n) is 2.46. The van der Waals surface area contributed by atoms with Crippen LogP contribution in [-0.2, 0) is 6.54 Å². The molecule has 1 heterocycles. The van der Waals surface area contributed by atoms with E-state index in [1.54, 1.807) is 15.8 Å². The number of nitrogen functional groups attached to an aromatic ring is 1. The van der Waals surface area contributed by atoms with Crippen LogP contribution in [0.15, 0.2) is 6.20 Å². The van der Waals surface area contributed by atoms with E-state index in [1.165, 1.54) is 0 Å². The second kappa shape index (κ2) is 4.82. The van der Waals surface area contributed by atoms with E-state index in [2.05, 4.69) is 5.10 Å². The summed E-state index contributed by atoms with van der Waals surface area (Å²) in [5.74, 6) is 0.409. The number of carbonyl (C=O) groups excluding carboxylic acids is 1. The highest BCUT2D eigenvalue weighted by Gasteiger charge is 2.18. The number of aromatic nitrogens is 2. The average Bonchev–Trinajstić information content (AvgIpc) is 2.61. The quantitative estimate of drug-likeness (QED) is 0.805. The summed E-state index contributed by atoms with van der Waals surface area (Å²) in [5, 5.41) is 4.05. The zero-order valence-electron chi connectivity index (χ0n) is 9.53. The molecule has 0 bridgehead atoms. The monoisotopic (exact) mass is 210 g/mol. The standard InChI is InChI=1S/C10H18N4O/c1-4-13(5-2)10(15)8-7-12-14(6-3)9(8)11/h7H,4-6,11H2,1-3H3. The number of aryl methyl sites for hydroxylation is 1. The molecule has 1 aromatic rings. The first kappa shape index (κ1) is 11.6. The summed E-state index contributed by atoms with van der Waals surface area (Å²) in [6.07, 6.45) is 1.54. The van der Waals surface area contributed by atoms with Crippen LogP contribution in [0.3, 0.4) is 0 Å². The molecular formula is C10H18N4O. The number of hydrogen-bond donors (Lipinski definition) is 1. The van der Waals surface area contributed by atoms with Gasteiger partial charge in [-0.1, -0.05) is 0 Å². The Bertz CT molecular complexity index is 341. The summed E-state index contributed by atoms with van der Waals surface area (Å²) >= 11 is 0. The molecule has 1 aromatic heterocycles. The van der Waals surface area contributed by atoms with Gasteiger partial charge in [-0.05, 0) is 20.8 Å². The van der Waals surface area contributed by atoms with Gasteiger partial charge in [-0.3, -0.25) is 4.79 Å². The summed E-state index contributed by atoms with van der Waals surface area (Å²) < 4.78 is 1.62. The number of nitrogens with zero attached hydrogens (tertiary/aromatic N) is 3. The van der Waals surface area contributed by atoms with Crippen LogP contribution >= 0.6 is 0 Å². The largest absolute Gasteiger partial charge is 0.383 e. The van der Waals surface area contributed by atoms with Crippen molar-refractivity contribution in [3.63, 3.8) is 0 Å². The van der Waals surface area contributed by atoms with Gasteiger partial charge >= 0.3 is 0 Å². The Morgan fingerprint density at radius 2 is 2.07 bits per heavy atom. The zero-order chi connectivity index (χ0) is 11.4. The topological polar surface area (TPSA) is 64.2 Å². The molecule has 1 rings (SSSR count). The van der Waals surface area contributed by atoms with Crippen LogP contribution < -0.4 is 5.73 Å². The molecule has 5 nitrogen and oxygen atoms in total. The average molecular weight is 210 g/mol. The van der Waals surface area contributed by atoms with Crippen molar-refractivity contribution < 1.29 is 4.79 Å². The maximum atomic E-state index is 11.9. The first-order chi connectivity index (χ1) is 7.15. The predicted octanol–water partition coefficient (Wildman–Crippen LogP) is 0.967. The molecule has 0 saturated carbocycles. The van der Waals surface area contributed by atoms with Crippen LogP contribution in [0.5, 0.6) is 0 Å². The van der Waals surface area contributed by atoms with E-state index >= 15 is 0 Å². The first-order valence-corrected chi connectivity index (χ1v) is 5.26. The van der Waals surface area contributed by atoms with Gasteiger partial charge in [0.1, 0.15) is 11.4 Å². The summed E-state index contributed by atoms with van der Waals surface area (Å²) in [4.78, 5) is 13.7. The summed E-state index contributed by atoms with van der Waals surface area (Å²) in [5.41, 5.74) is 6.32. The van der Waals surface area contributed by atoms with Gasteiger partial charge in [0, 0.05) is 19.6 Å². The van der Waals surface area contributed by atoms with Crippen LogP contribution in [-0.4, -0.2) is 33.7 Å². The van der Waals surface area contributed by atoms with Crippen molar-refractivity contribution >= 4 is 11.7 Å². The molecule has 0 spiro atoms. The van der Waals surface area contributed by atoms with Crippen molar-refractivity contribution in [2.24, 2.45) is 0 Å². The molecule has 0 aliphatic heterocycles. The Morgan fingerprint density at radius 3 is 2.47 bits per heavy atom. The lowest BCUT2D eigenvalue weighted by molar-refractivity contribution is 0.0774. The molecule has 0 aliphatic carbocycles. The lowest BCUT2D eigenvalue weighted by Crippen LogP contribution is -2.30. The van der Waals surface area contributed by atoms with Gasteiger partial charge in [0.2, 0.25) is 0 Å². The molecule has 0 radical (unpaired) electrons. The van der Waals surface area contributed by atoms with Gasteiger partial charge < -0.3 is 10.6 Å². The van der Waals surface area contributed by atoms with Crippen molar-refractivity contribution in [3.8, 4) is 0 Å². The predicted molar refractivity (Wildman–Crippen MR) is 59.6 cm³/mol. The first-order valence-electron chi connectivity index (χ1n) is 5.26. The molecular weight excluding hydrogens is 192 g/mol. The van der Waals surface area contributed by atoms with Crippen LogP contribution in [0.2, 0.25) is 0 Å². The van der Waals surface area contributed by atoms with E-state index < -0.39 is 0 Å². The number of carbonyl (C=O) groups is 1. The molecule has 5 heteroatoms. The summed E-state index contributed by atoms with van der Waals surface area (Å²) in [6.45, 7) is 7.88. The number of rotatable bonds is 4. The Balaban J connectivity index is 2.95. The number of hydrogen-bond acceptors (Lipinski definition) is 3. The fourth-order valence-electron chi connectivity index (χ4n) is 1.49. The SMILES string of the molecule is CCN(CC)C(=O)c1cnn(CC)c1N. The van der Waals surface area contributed by atoms with Crippen LogP contribution in [0.4, 0.5) is 5.82 Å². The van der Waals surface area contributed by atoms with Gasteiger partial charge in [0.15, 0.2) is 0 Å². The molecule has 1 amide bonds. The van der Waals surface area contributed by atoms with Crippen molar-refractivity contribution in [1.82, 2.24) is 14.7 Å². The fourth-order valence-corrected chi connectivity index (χ4v) is 1.49. The normalized spacial score (nSPS) is 10.3. The highest BCUT2D eigenvalue weighted by Crippen LogP contribution is 2.13. The molecule has 15 heavy (non-hydrogen) atoms. The highest BCUT2D eigenvalue weighted by atomic mass is 16.2. The van der Waals surface area contributed by atoms with Crippen LogP contribution in [0.1, 0.15) is 31.1 Å². The summed E-state index contributed by atoms with van der Waals surface area (Å²) in [6, 6.07) is 0. The lowest BCUT2D eigenvalue weighted by atomic mass is 10.3. The third kappa shape index (κ3) is 2.11. The van der Waals surface area contributed by atoms with Gasteiger partial charge in [-0.2, -0.15) is 5.10 Å². The molecule has 0 aromatic carbocycles. The molecule has 0 fully saturated rings. The second-order valence-corrected chi connectivity index (χ2v) is 3.24. The highest BCUT2D eigenvalue weighted by molar-refractivity contribution is 5.98. The third-order valence-corrected chi connectivity index (χ3v) is 2.46. The van der Waals surface area contributed by atoms with E-state index in [0.717, 1.165) is 0 Å². The van der Waals surface area contributed by atoms with E-state index in [9.17, 15) is 4.79 Å². The molecule has 84 valence electrons. The van der Waals surface area contributed by atoms with Crippen molar-refractivity contribution in [2.45, 2.75) is 27.3 Å². The smallest absolute Gasteiger partial charge is 0.259 e. The number of nitrogens with two attached hydrogens (primary N) is 1. The lowest BCUT2D eigenvalue weighted by Gasteiger charge is -2.17. The van der Waals surface area contributed by atoms with E-state index in [0.29, 0.717) is 31.0 Å². The minimum atomic E-state index is -0.0443. The number of amides is 1.